The minimum Gasteiger partial charge on any atom is -0.468 e. The van der Waals surface area contributed by atoms with Crippen LogP contribution in [0, 0.1) is 0 Å². The number of nitrogens with zero attached hydrogens (tertiary/aromatic N) is 2. The van der Waals surface area contributed by atoms with Gasteiger partial charge in [-0.05, 0) is 26.3 Å². The van der Waals surface area contributed by atoms with Crippen molar-refractivity contribution < 1.29 is 17.9 Å². The van der Waals surface area contributed by atoms with E-state index in [-0.39, 0.29) is 35.9 Å². The van der Waals surface area contributed by atoms with Gasteiger partial charge in [0, 0.05) is 24.8 Å². The molecule has 0 aliphatic carbocycles. The van der Waals surface area contributed by atoms with Crippen LogP contribution in [-0.4, -0.2) is 36.3 Å². The summed E-state index contributed by atoms with van der Waals surface area (Å²) >= 11 is 0. The van der Waals surface area contributed by atoms with Gasteiger partial charge in [-0.3, -0.25) is 0 Å². The number of alkyl halides is 3. The summed E-state index contributed by atoms with van der Waals surface area (Å²) in [5, 5.41) is 6.27. The highest BCUT2D eigenvalue weighted by molar-refractivity contribution is 14.0. The van der Waals surface area contributed by atoms with E-state index in [1.54, 1.807) is 6.07 Å². The highest BCUT2D eigenvalue weighted by Crippen LogP contribution is 2.17. The molecule has 0 aliphatic heterocycles. The van der Waals surface area contributed by atoms with Crippen LogP contribution in [0.4, 0.5) is 13.2 Å². The molecule has 0 bridgehead atoms. The summed E-state index contributed by atoms with van der Waals surface area (Å²) in [5.41, 5.74) is 0.778. The maximum Gasteiger partial charge on any atom is 0.422 e. The second-order valence-corrected chi connectivity index (χ2v) is 4.90. The Morgan fingerprint density at radius 3 is 2.52 bits per heavy atom. The zero-order chi connectivity index (χ0) is 16.6. The number of rotatable bonds is 6. The van der Waals surface area contributed by atoms with Gasteiger partial charge >= 0.3 is 6.18 Å². The zero-order valence-electron chi connectivity index (χ0n) is 13.3. The minimum atomic E-state index is -4.37. The maximum atomic E-state index is 12.0. The van der Waals surface area contributed by atoms with Crippen molar-refractivity contribution in [1.29, 1.82) is 0 Å². The molecular weight excluding hydrogens is 424 g/mol. The number of guanidine groups is 1. The van der Waals surface area contributed by atoms with E-state index >= 15 is 0 Å². The average molecular weight is 446 g/mol. The van der Waals surface area contributed by atoms with E-state index in [1.165, 1.54) is 12.3 Å². The predicted octanol–water partition coefficient (Wildman–Crippen LogP) is 3.10. The number of ether oxygens (including phenoxy) is 1. The number of hydrogen-bond acceptors (Lipinski definition) is 3. The fourth-order valence-corrected chi connectivity index (χ4v) is 1.51. The van der Waals surface area contributed by atoms with Gasteiger partial charge in [-0.25, -0.2) is 9.98 Å². The first-order valence-electron chi connectivity index (χ1n) is 6.99. The molecule has 1 heterocycles. The summed E-state index contributed by atoms with van der Waals surface area (Å²) in [7, 11) is 0. The molecule has 0 amide bonds. The number of halogens is 4. The molecule has 0 atom stereocenters. The van der Waals surface area contributed by atoms with Crippen molar-refractivity contribution in [2.24, 2.45) is 4.99 Å². The SMILES string of the molecule is CCNC(=NCc1ccc(OCC(F)(F)F)nc1)NC(C)C.I. The molecule has 1 rings (SSSR count). The second kappa shape index (κ2) is 10.5. The molecule has 0 unspecified atom stereocenters. The molecule has 9 heteroatoms. The van der Waals surface area contributed by atoms with Gasteiger partial charge in [0.25, 0.3) is 0 Å². The van der Waals surface area contributed by atoms with E-state index < -0.39 is 12.8 Å². The van der Waals surface area contributed by atoms with Crippen LogP contribution in [0.25, 0.3) is 0 Å². The Morgan fingerprint density at radius 1 is 1.35 bits per heavy atom. The lowest BCUT2D eigenvalue weighted by Crippen LogP contribution is -2.40. The Hall–Kier alpha value is -1.26. The molecule has 1 aromatic heterocycles. The van der Waals surface area contributed by atoms with Gasteiger partial charge < -0.3 is 15.4 Å². The topological polar surface area (TPSA) is 58.5 Å². The molecule has 0 saturated heterocycles. The van der Waals surface area contributed by atoms with E-state index in [1.807, 2.05) is 20.8 Å². The summed E-state index contributed by atoms with van der Waals surface area (Å²) in [6, 6.07) is 3.29. The van der Waals surface area contributed by atoms with E-state index in [0.717, 1.165) is 12.1 Å². The Labute approximate surface area is 151 Å². The zero-order valence-corrected chi connectivity index (χ0v) is 15.6. The summed E-state index contributed by atoms with van der Waals surface area (Å²) < 4.78 is 40.6. The van der Waals surface area contributed by atoms with Crippen molar-refractivity contribution in [2.75, 3.05) is 13.2 Å². The van der Waals surface area contributed by atoms with Crippen LogP contribution in [0.5, 0.6) is 5.88 Å². The van der Waals surface area contributed by atoms with Crippen LogP contribution in [0.1, 0.15) is 26.3 Å². The van der Waals surface area contributed by atoms with Gasteiger partial charge in [0.05, 0.1) is 6.54 Å². The summed E-state index contributed by atoms with van der Waals surface area (Å²) in [4.78, 5) is 8.21. The van der Waals surface area contributed by atoms with Crippen LogP contribution < -0.4 is 15.4 Å². The Bertz CT molecular complexity index is 478. The third kappa shape index (κ3) is 10.2. The lowest BCUT2D eigenvalue weighted by Gasteiger charge is -2.14. The molecular formula is C14H22F3IN4O. The first-order chi connectivity index (χ1) is 10.3. The number of nitrogens with one attached hydrogen (secondary N) is 2. The number of pyridine rings is 1. The molecule has 0 fully saturated rings. The lowest BCUT2D eigenvalue weighted by molar-refractivity contribution is -0.154. The number of aliphatic imine (C=N–C) groups is 1. The fraction of sp³-hybridized carbons (Fsp3) is 0.571. The van der Waals surface area contributed by atoms with Crippen molar-refractivity contribution in [3.05, 3.63) is 23.9 Å². The van der Waals surface area contributed by atoms with Gasteiger partial charge in [-0.1, -0.05) is 6.07 Å². The third-order valence-corrected chi connectivity index (χ3v) is 2.37. The van der Waals surface area contributed by atoms with Crippen molar-refractivity contribution >= 4 is 29.9 Å². The first kappa shape index (κ1) is 21.7. The van der Waals surface area contributed by atoms with Crippen molar-refractivity contribution in [3.8, 4) is 5.88 Å². The fourth-order valence-electron chi connectivity index (χ4n) is 1.51. The maximum absolute atomic E-state index is 12.0. The standard InChI is InChI=1S/C14H21F3N4O.HI/c1-4-18-13(21-10(2)3)20-8-11-5-6-12(19-7-11)22-9-14(15,16)17;/h5-7,10H,4,8-9H2,1-3H3,(H2,18,20,21);1H. The smallest absolute Gasteiger partial charge is 0.422 e. The molecule has 0 aromatic carbocycles. The molecule has 23 heavy (non-hydrogen) atoms. The van der Waals surface area contributed by atoms with Gasteiger partial charge in [-0.15, -0.1) is 24.0 Å². The first-order valence-corrected chi connectivity index (χ1v) is 6.99. The molecule has 0 aliphatic rings. The van der Waals surface area contributed by atoms with Crippen molar-refractivity contribution in [1.82, 2.24) is 15.6 Å². The Morgan fingerprint density at radius 2 is 2.04 bits per heavy atom. The van der Waals surface area contributed by atoms with Crippen molar-refractivity contribution in [2.45, 2.75) is 39.5 Å². The largest absolute Gasteiger partial charge is 0.468 e. The van der Waals surface area contributed by atoms with Gasteiger partial charge in [0.15, 0.2) is 12.6 Å². The van der Waals surface area contributed by atoms with Crippen LogP contribution in [0.2, 0.25) is 0 Å². The van der Waals surface area contributed by atoms with Gasteiger partial charge in [0.2, 0.25) is 5.88 Å². The molecule has 0 spiro atoms. The molecule has 2 N–H and O–H groups in total. The predicted molar refractivity (Wildman–Crippen MR) is 94.3 cm³/mol. The minimum absolute atomic E-state index is 0. The summed E-state index contributed by atoms with van der Waals surface area (Å²) in [6.45, 7) is 5.73. The van der Waals surface area contributed by atoms with Crippen LogP contribution in [0.3, 0.4) is 0 Å². The Balaban J connectivity index is 0.00000484. The van der Waals surface area contributed by atoms with Gasteiger partial charge in [0.1, 0.15) is 0 Å². The van der Waals surface area contributed by atoms with E-state index in [4.69, 9.17) is 0 Å². The van der Waals surface area contributed by atoms with E-state index in [0.29, 0.717) is 12.5 Å². The summed E-state index contributed by atoms with van der Waals surface area (Å²) in [6.07, 6.45) is -2.91. The van der Waals surface area contributed by atoms with Gasteiger partial charge in [-0.2, -0.15) is 13.2 Å². The number of hydrogen-bond donors (Lipinski definition) is 2. The molecule has 0 radical (unpaired) electrons. The highest BCUT2D eigenvalue weighted by Gasteiger charge is 2.28. The molecule has 0 saturated carbocycles. The van der Waals surface area contributed by atoms with Crippen LogP contribution in [-0.2, 0) is 6.54 Å². The quantitative estimate of drug-likeness (QED) is 0.401. The Kier molecular flexibility index (Phi) is 9.93. The molecule has 132 valence electrons. The van der Waals surface area contributed by atoms with Crippen molar-refractivity contribution in [3.63, 3.8) is 0 Å². The average Bonchev–Trinajstić information content (AvgIpc) is 2.42. The monoisotopic (exact) mass is 446 g/mol. The highest BCUT2D eigenvalue weighted by atomic mass is 127. The number of aromatic nitrogens is 1. The lowest BCUT2D eigenvalue weighted by atomic mass is 10.3. The third-order valence-electron chi connectivity index (χ3n) is 2.37. The van der Waals surface area contributed by atoms with E-state index in [2.05, 4.69) is 25.3 Å². The normalized spacial score (nSPS) is 11.9. The molecule has 1 aromatic rings. The van der Waals surface area contributed by atoms with Crippen LogP contribution >= 0.6 is 24.0 Å². The van der Waals surface area contributed by atoms with Crippen LogP contribution in [0.15, 0.2) is 23.3 Å². The molecule has 5 nitrogen and oxygen atoms in total. The second-order valence-electron chi connectivity index (χ2n) is 4.90. The van der Waals surface area contributed by atoms with E-state index in [9.17, 15) is 13.2 Å². The summed E-state index contributed by atoms with van der Waals surface area (Å²) in [5.74, 6) is 0.618.